The van der Waals surface area contributed by atoms with Crippen LogP contribution in [0.25, 0.3) is 0 Å². The third-order valence-electron chi connectivity index (χ3n) is 2.53. The number of benzene rings is 1. The van der Waals surface area contributed by atoms with Gasteiger partial charge in [0.1, 0.15) is 0 Å². The van der Waals surface area contributed by atoms with Crippen molar-refractivity contribution in [2.75, 3.05) is 32.5 Å². The molecule has 1 aromatic carbocycles. The van der Waals surface area contributed by atoms with Gasteiger partial charge in [-0.25, -0.2) is 9.59 Å². The van der Waals surface area contributed by atoms with Gasteiger partial charge >= 0.3 is 12.1 Å². The van der Waals surface area contributed by atoms with E-state index in [1.807, 2.05) is 25.1 Å². The van der Waals surface area contributed by atoms with Crippen molar-refractivity contribution in [1.82, 2.24) is 15.5 Å². The maximum absolute atomic E-state index is 11.7. The molecule has 0 unspecified atom stereocenters. The zero-order valence-electron chi connectivity index (χ0n) is 11.8. The van der Waals surface area contributed by atoms with Crippen molar-refractivity contribution in [3.8, 4) is 0 Å². The Balaban J connectivity index is 2.32. The first-order valence-corrected chi connectivity index (χ1v) is 6.95. The molecule has 0 bridgehead atoms. The standard InChI is InChI=1S/C13H19BrN4O2/c1-9-8-10(14)4-5-11(9)17-12(19)15-6-7-16-13(20)18(2)3/h4-5,8H,6-7H2,1-3H3,(H,16,20)(H2,15,17,19). The summed E-state index contributed by atoms with van der Waals surface area (Å²) in [6.45, 7) is 2.66. The molecule has 0 aromatic heterocycles. The fraction of sp³-hybridized carbons (Fsp3) is 0.385. The van der Waals surface area contributed by atoms with Gasteiger partial charge in [-0.15, -0.1) is 0 Å². The Hall–Kier alpha value is -1.76. The van der Waals surface area contributed by atoms with Gasteiger partial charge < -0.3 is 20.9 Å². The largest absolute Gasteiger partial charge is 0.336 e. The number of nitrogens with one attached hydrogen (secondary N) is 3. The summed E-state index contributed by atoms with van der Waals surface area (Å²) in [5, 5.41) is 8.09. The predicted octanol–water partition coefficient (Wildman–Crippen LogP) is 2.15. The number of carbonyl (C=O) groups is 2. The van der Waals surface area contributed by atoms with Gasteiger partial charge in [0.2, 0.25) is 0 Å². The number of urea groups is 2. The lowest BCUT2D eigenvalue weighted by molar-refractivity contribution is 0.217. The zero-order valence-corrected chi connectivity index (χ0v) is 13.4. The van der Waals surface area contributed by atoms with Crippen LogP contribution in [0.5, 0.6) is 0 Å². The molecule has 20 heavy (non-hydrogen) atoms. The van der Waals surface area contributed by atoms with Gasteiger partial charge in [0.25, 0.3) is 0 Å². The number of hydrogen-bond acceptors (Lipinski definition) is 2. The van der Waals surface area contributed by atoms with Crippen LogP contribution >= 0.6 is 15.9 Å². The summed E-state index contributed by atoms with van der Waals surface area (Å²) in [4.78, 5) is 24.3. The Morgan fingerprint density at radius 1 is 1.20 bits per heavy atom. The molecule has 7 heteroatoms. The molecule has 110 valence electrons. The van der Waals surface area contributed by atoms with E-state index < -0.39 is 0 Å². The molecular formula is C13H19BrN4O2. The van der Waals surface area contributed by atoms with Crippen LogP contribution in [-0.4, -0.2) is 44.1 Å². The molecule has 0 atom stereocenters. The maximum atomic E-state index is 11.7. The Labute approximate surface area is 127 Å². The maximum Gasteiger partial charge on any atom is 0.319 e. The fourth-order valence-corrected chi connectivity index (χ4v) is 1.91. The van der Waals surface area contributed by atoms with E-state index in [-0.39, 0.29) is 12.1 Å². The lowest BCUT2D eigenvalue weighted by Crippen LogP contribution is -2.40. The number of carbonyl (C=O) groups excluding carboxylic acids is 2. The van der Waals surface area contributed by atoms with Crippen molar-refractivity contribution in [2.45, 2.75) is 6.92 Å². The van der Waals surface area contributed by atoms with E-state index in [9.17, 15) is 9.59 Å². The van der Waals surface area contributed by atoms with Gasteiger partial charge in [0.05, 0.1) is 0 Å². The molecule has 4 amide bonds. The average Bonchev–Trinajstić information content (AvgIpc) is 2.37. The fourth-order valence-electron chi connectivity index (χ4n) is 1.44. The summed E-state index contributed by atoms with van der Waals surface area (Å²) in [7, 11) is 3.32. The summed E-state index contributed by atoms with van der Waals surface area (Å²) >= 11 is 3.37. The highest BCUT2D eigenvalue weighted by Gasteiger charge is 2.05. The molecule has 0 fully saturated rings. The third kappa shape index (κ3) is 5.48. The Morgan fingerprint density at radius 3 is 2.45 bits per heavy atom. The van der Waals surface area contributed by atoms with Crippen LogP contribution < -0.4 is 16.0 Å². The van der Waals surface area contributed by atoms with Gasteiger partial charge in [0, 0.05) is 37.3 Å². The first kappa shape index (κ1) is 16.3. The number of hydrogen-bond donors (Lipinski definition) is 3. The molecule has 0 saturated heterocycles. The summed E-state index contributed by atoms with van der Waals surface area (Å²) in [5.74, 6) is 0. The number of halogens is 1. The smallest absolute Gasteiger partial charge is 0.319 e. The molecule has 0 aliphatic heterocycles. The van der Waals surface area contributed by atoms with Gasteiger partial charge in [0.15, 0.2) is 0 Å². The molecule has 1 aromatic rings. The quantitative estimate of drug-likeness (QED) is 0.733. The monoisotopic (exact) mass is 342 g/mol. The Bertz CT molecular complexity index is 491. The second-order valence-corrected chi connectivity index (χ2v) is 5.38. The van der Waals surface area contributed by atoms with Crippen LogP contribution in [-0.2, 0) is 0 Å². The van der Waals surface area contributed by atoms with Crippen LogP contribution in [0, 0.1) is 6.92 Å². The van der Waals surface area contributed by atoms with E-state index in [1.165, 1.54) is 4.90 Å². The van der Waals surface area contributed by atoms with Crippen molar-refractivity contribution in [2.24, 2.45) is 0 Å². The van der Waals surface area contributed by atoms with Gasteiger partial charge in [-0.1, -0.05) is 15.9 Å². The second-order valence-electron chi connectivity index (χ2n) is 4.47. The topological polar surface area (TPSA) is 73.5 Å². The van der Waals surface area contributed by atoms with E-state index >= 15 is 0 Å². The highest BCUT2D eigenvalue weighted by atomic mass is 79.9. The molecule has 3 N–H and O–H groups in total. The first-order valence-electron chi connectivity index (χ1n) is 6.16. The van der Waals surface area contributed by atoms with E-state index in [0.29, 0.717) is 13.1 Å². The molecule has 0 radical (unpaired) electrons. The van der Waals surface area contributed by atoms with Crippen LogP contribution in [0.2, 0.25) is 0 Å². The number of anilines is 1. The van der Waals surface area contributed by atoms with Crippen molar-refractivity contribution in [1.29, 1.82) is 0 Å². The van der Waals surface area contributed by atoms with Crippen molar-refractivity contribution in [3.05, 3.63) is 28.2 Å². The Morgan fingerprint density at radius 2 is 1.85 bits per heavy atom. The molecular weight excluding hydrogens is 324 g/mol. The first-order chi connectivity index (χ1) is 9.40. The number of rotatable bonds is 4. The average molecular weight is 343 g/mol. The molecule has 0 saturated carbocycles. The van der Waals surface area contributed by atoms with Gasteiger partial charge in [-0.2, -0.15) is 0 Å². The van der Waals surface area contributed by atoms with E-state index in [4.69, 9.17) is 0 Å². The minimum Gasteiger partial charge on any atom is -0.336 e. The highest BCUT2D eigenvalue weighted by molar-refractivity contribution is 9.10. The zero-order chi connectivity index (χ0) is 15.1. The predicted molar refractivity (Wildman–Crippen MR) is 83.0 cm³/mol. The van der Waals surface area contributed by atoms with E-state index in [2.05, 4.69) is 31.9 Å². The van der Waals surface area contributed by atoms with E-state index in [0.717, 1.165) is 15.7 Å². The highest BCUT2D eigenvalue weighted by Crippen LogP contribution is 2.19. The number of amides is 4. The molecule has 0 heterocycles. The molecule has 6 nitrogen and oxygen atoms in total. The summed E-state index contributed by atoms with van der Waals surface area (Å²) in [6, 6.07) is 5.13. The van der Waals surface area contributed by atoms with Gasteiger partial charge in [-0.3, -0.25) is 0 Å². The summed E-state index contributed by atoms with van der Waals surface area (Å²) in [6.07, 6.45) is 0. The number of nitrogens with zero attached hydrogens (tertiary/aromatic N) is 1. The van der Waals surface area contributed by atoms with Crippen molar-refractivity contribution < 1.29 is 9.59 Å². The molecule has 0 aliphatic rings. The molecule has 1 rings (SSSR count). The normalized spacial score (nSPS) is 9.80. The van der Waals surface area contributed by atoms with E-state index in [1.54, 1.807) is 14.1 Å². The molecule has 0 spiro atoms. The van der Waals surface area contributed by atoms with Crippen molar-refractivity contribution >= 4 is 33.7 Å². The summed E-state index contributed by atoms with van der Waals surface area (Å²) in [5.41, 5.74) is 1.72. The second kappa shape index (κ2) is 7.74. The lowest BCUT2D eigenvalue weighted by Gasteiger charge is -2.13. The third-order valence-corrected chi connectivity index (χ3v) is 3.02. The minimum atomic E-state index is -0.297. The minimum absolute atomic E-state index is 0.184. The lowest BCUT2D eigenvalue weighted by atomic mass is 10.2. The van der Waals surface area contributed by atoms with Crippen LogP contribution in [0.15, 0.2) is 22.7 Å². The Kier molecular flexibility index (Phi) is 6.30. The molecule has 0 aliphatic carbocycles. The number of aryl methyl sites for hydroxylation is 1. The SMILES string of the molecule is Cc1cc(Br)ccc1NC(=O)NCCNC(=O)N(C)C. The van der Waals surface area contributed by atoms with Gasteiger partial charge in [-0.05, 0) is 30.7 Å². The van der Waals surface area contributed by atoms with Crippen LogP contribution in [0.3, 0.4) is 0 Å². The summed E-state index contributed by atoms with van der Waals surface area (Å²) < 4.78 is 0.965. The van der Waals surface area contributed by atoms with Crippen LogP contribution in [0.4, 0.5) is 15.3 Å². The van der Waals surface area contributed by atoms with Crippen LogP contribution in [0.1, 0.15) is 5.56 Å². The van der Waals surface area contributed by atoms with Crippen molar-refractivity contribution in [3.63, 3.8) is 0 Å².